The monoisotopic (exact) mass is 336 g/mol. The lowest BCUT2D eigenvalue weighted by molar-refractivity contribution is 0.213. The van der Waals surface area contributed by atoms with Gasteiger partial charge in [0.25, 0.3) is 0 Å². The number of hydrogen-bond donors (Lipinski definition) is 1. The molecule has 0 atom stereocenters. The SMILES string of the molecule is NC1CCC(CCN2CCc3cc(Br)ccc3C2)CC1. The van der Waals surface area contributed by atoms with Crippen molar-refractivity contribution in [2.24, 2.45) is 11.7 Å². The van der Waals surface area contributed by atoms with E-state index in [1.807, 2.05) is 0 Å². The third-order valence-electron chi connectivity index (χ3n) is 5.00. The second-order valence-electron chi connectivity index (χ2n) is 6.51. The Kier molecular flexibility index (Phi) is 4.79. The summed E-state index contributed by atoms with van der Waals surface area (Å²) in [7, 11) is 0. The molecular formula is C17H25BrN2. The molecule has 1 aromatic carbocycles. The van der Waals surface area contributed by atoms with Crippen LogP contribution in [0.1, 0.15) is 43.2 Å². The molecule has 1 aliphatic heterocycles. The van der Waals surface area contributed by atoms with Crippen LogP contribution >= 0.6 is 15.9 Å². The van der Waals surface area contributed by atoms with Gasteiger partial charge in [0, 0.05) is 23.6 Å². The standard InChI is InChI=1S/C17H25BrN2/c18-16-4-3-15-12-20(10-8-14(15)11-16)9-7-13-1-5-17(19)6-2-13/h3-4,11,13,17H,1-2,5-10,12,19H2. The molecule has 0 aromatic heterocycles. The van der Waals surface area contributed by atoms with Gasteiger partial charge in [-0.05, 0) is 74.2 Å². The fraction of sp³-hybridized carbons (Fsp3) is 0.647. The van der Waals surface area contributed by atoms with Gasteiger partial charge in [-0.1, -0.05) is 22.0 Å². The van der Waals surface area contributed by atoms with Crippen molar-refractivity contribution < 1.29 is 0 Å². The van der Waals surface area contributed by atoms with E-state index in [9.17, 15) is 0 Å². The third kappa shape index (κ3) is 3.63. The summed E-state index contributed by atoms with van der Waals surface area (Å²) in [6, 6.07) is 7.22. The molecule has 0 radical (unpaired) electrons. The first-order chi connectivity index (χ1) is 9.70. The molecule has 3 rings (SSSR count). The van der Waals surface area contributed by atoms with Gasteiger partial charge in [0.1, 0.15) is 0 Å². The van der Waals surface area contributed by atoms with Crippen LogP contribution in [0.25, 0.3) is 0 Å². The molecule has 3 heteroatoms. The van der Waals surface area contributed by atoms with Gasteiger partial charge in [-0.15, -0.1) is 0 Å². The van der Waals surface area contributed by atoms with Gasteiger partial charge >= 0.3 is 0 Å². The van der Waals surface area contributed by atoms with Crippen molar-refractivity contribution in [1.82, 2.24) is 4.90 Å². The molecule has 0 saturated heterocycles. The predicted octanol–water partition coefficient (Wildman–Crippen LogP) is 3.71. The maximum absolute atomic E-state index is 5.99. The molecule has 2 aliphatic rings. The lowest BCUT2D eigenvalue weighted by Gasteiger charge is -2.32. The summed E-state index contributed by atoms with van der Waals surface area (Å²) in [5.41, 5.74) is 9.03. The van der Waals surface area contributed by atoms with Gasteiger partial charge in [-0.2, -0.15) is 0 Å². The number of hydrogen-bond acceptors (Lipinski definition) is 2. The second-order valence-corrected chi connectivity index (χ2v) is 7.42. The van der Waals surface area contributed by atoms with Crippen LogP contribution in [0.5, 0.6) is 0 Å². The third-order valence-corrected chi connectivity index (χ3v) is 5.50. The maximum Gasteiger partial charge on any atom is 0.0236 e. The van der Waals surface area contributed by atoms with E-state index in [0.717, 1.165) is 12.5 Å². The first-order valence-electron chi connectivity index (χ1n) is 7.96. The Morgan fingerprint density at radius 1 is 1.15 bits per heavy atom. The van der Waals surface area contributed by atoms with E-state index in [-0.39, 0.29) is 0 Å². The van der Waals surface area contributed by atoms with Gasteiger partial charge in [0.2, 0.25) is 0 Å². The Bertz CT molecular complexity index is 452. The van der Waals surface area contributed by atoms with E-state index in [2.05, 4.69) is 39.0 Å². The fourth-order valence-electron chi connectivity index (χ4n) is 3.61. The van der Waals surface area contributed by atoms with Crippen LogP contribution < -0.4 is 5.73 Å². The van der Waals surface area contributed by atoms with Crippen LogP contribution in [0.15, 0.2) is 22.7 Å². The number of benzene rings is 1. The number of nitrogens with zero attached hydrogens (tertiary/aromatic N) is 1. The zero-order valence-electron chi connectivity index (χ0n) is 12.2. The zero-order chi connectivity index (χ0) is 13.9. The minimum atomic E-state index is 0.478. The van der Waals surface area contributed by atoms with Gasteiger partial charge in [-0.25, -0.2) is 0 Å². The highest BCUT2D eigenvalue weighted by Gasteiger charge is 2.21. The largest absolute Gasteiger partial charge is 0.328 e. The Hall–Kier alpha value is -0.380. The first kappa shape index (κ1) is 14.6. The molecule has 110 valence electrons. The van der Waals surface area contributed by atoms with Crippen LogP contribution in [-0.4, -0.2) is 24.0 Å². The molecule has 1 aromatic rings. The number of nitrogens with two attached hydrogens (primary N) is 1. The van der Waals surface area contributed by atoms with Crippen LogP contribution in [0.4, 0.5) is 0 Å². The quantitative estimate of drug-likeness (QED) is 0.911. The number of rotatable bonds is 3. The van der Waals surface area contributed by atoms with Crippen LogP contribution in [0, 0.1) is 5.92 Å². The maximum atomic E-state index is 5.99. The van der Waals surface area contributed by atoms with Gasteiger partial charge in [0.05, 0.1) is 0 Å². The van der Waals surface area contributed by atoms with Gasteiger partial charge in [-0.3, -0.25) is 4.90 Å². The minimum absolute atomic E-state index is 0.478. The summed E-state index contributed by atoms with van der Waals surface area (Å²) >= 11 is 3.57. The molecule has 1 saturated carbocycles. The van der Waals surface area contributed by atoms with E-state index >= 15 is 0 Å². The molecule has 1 aliphatic carbocycles. The van der Waals surface area contributed by atoms with Gasteiger partial charge < -0.3 is 5.73 Å². The molecule has 2 nitrogen and oxygen atoms in total. The van der Waals surface area contributed by atoms with E-state index in [1.165, 1.54) is 67.2 Å². The summed E-state index contributed by atoms with van der Waals surface area (Å²) < 4.78 is 1.21. The van der Waals surface area contributed by atoms with Crippen molar-refractivity contribution in [2.75, 3.05) is 13.1 Å². The molecule has 0 amide bonds. The Morgan fingerprint density at radius 3 is 2.75 bits per heavy atom. The molecule has 0 spiro atoms. The summed E-state index contributed by atoms with van der Waals surface area (Å²) in [6.07, 6.45) is 7.73. The van der Waals surface area contributed by atoms with E-state index < -0.39 is 0 Å². The average molecular weight is 337 g/mol. The topological polar surface area (TPSA) is 29.3 Å². The molecule has 0 unspecified atom stereocenters. The normalized spacial score (nSPS) is 27.3. The van der Waals surface area contributed by atoms with E-state index in [1.54, 1.807) is 0 Å². The fourth-order valence-corrected chi connectivity index (χ4v) is 4.02. The lowest BCUT2D eigenvalue weighted by atomic mass is 9.84. The van der Waals surface area contributed by atoms with Crippen molar-refractivity contribution in [2.45, 2.75) is 51.1 Å². The Labute approximate surface area is 130 Å². The second kappa shape index (κ2) is 6.59. The molecular weight excluding hydrogens is 312 g/mol. The predicted molar refractivity (Wildman–Crippen MR) is 87.7 cm³/mol. The highest BCUT2D eigenvalue weighted by molar-refractivity contribution is 9.10. The van der Waals surface area contributed by atoms with Crippen molar-refractivity contribution in [3.63, 3.8) is 0 Å². The molecule has 1 fully saturated rings. The zero-order valence-corrected chi connectivity index (χ0v) is 13.7. The molecule has 20 heavy (non-hydrogen) atoms. The van der Waals surface area contributed by atoms with Crippen molar-refractivity contribution in [1.29, 1.82) is 0 Å². The molecule has 0 bridgehead atoms. The number of fused-ring (bicyclic) bond motifs is 1. The van der Waals surface area contributed by atoms with Crippen LogP contribution in [-0.2, 0) is 13.0 Å². The molecule has 1 heterocycles. The summed E-state index contributed by atoms with van der Waals surface area (Å²) in [5.74, 6) is 0.918. The highest BCUT2D eigenvalue weighted by atomic mass is 79.9. The summed E-state index contributed by atoms with van der Waals surface area (Å²) in [6.45, 7) is 3.61. The molecule has 2 N–H and O–H groups in total. The smallest absolute Gasteiger partial charge is 0.0236 e. The van der Waals surface area contributed by atoms with Crippen molar-refractivity contribution >= 4 is 15.9 Å². The van der Waals surface area contributed by atoms with E-state index in [0.29, 0.717) is 6.04 Å². The Balaban J connectivity index is 1.49. The highest BCUT2D eigenvalue weighted by Crippen LogP contribution is 2.27. The lowest BCUT2D eigenvalue weighted by Crippen LogP contribution is -2.33. The minimum Gasteiger partial charge on any atom is -0.328 e. The Morgan fingerprint density at radius 2 is 1.95 bits per heavy atom. The summed E-state index contributed by atoms with van der Waals surface area (Å²) in [5, 5.41) is 0. The summed E-state index contributed by atoms with van der Waals surface area (Å²) in [4.78, 5) is 2.63. The van der Waals surface area contributed by atoms with Crippen molar-refractivity contribution in [3.05, 3.63) is 33.8 Å². The average Bonchev–Trinajstić information content (AvgIpc) is 2.46. The van der Waals surface area contributed by atoms with Crippen LogP contribution in [0.3, 0.4) is 0 Å². The van der Waals surface area contributed by atoms with Crippen molar-refractivity contribution in [3.8, 4) is 0 Å². The first-order valence-corrected chi connectivity index (χ1v) is 8.75. The number of halogens is 1. The van der Waals surface area contributed by atoms with E-state index in [4.69, 9.17) is 5.73 Å². The van der Waals surface area contributed by atoms with Gasteiger partial charge in [0.15, 0.2) is 0 Å². The van der Waals surface area contributed by atoms with Crippen LogP contribution in [0.2, 0.25) is 0 Å².